The molecule has 0 radical (unpaired) electrons. The van der Waals surface area contributed by atoms with Crippen molar-refractivity contribution in [2.45, 2.75) is 49.4 Å². The molecule has 40 heavy (non-hydrogen) atoms. The standard InChI is InChI=1S/C28H28F4N2O5S/c1-3-4-8-19-16-34(18-9-6-5-7-10-18)24-15-23(29)22(14-25(24)40(38,39)33(19)2)21-13-17(27(36)37)11-12-20(21)26(35)28(30,31)32/h5-7,9-15,19,26,35H,3-4,8,16H2,1-2H3,(H,36,37)/t19-,26?/m1/s1. The second kappa shape index (κ2) is 11.2. The van der Waals surface area contributed by atoms with Crippen LogP contribution in [0.15, 0.2) is 65.6 Å². The van der Waals surface area contributed by atoms with Crippen LogP contribution in [0.2, 0.25) is 0 Å². The van der Waals surface area contributed by atoms with Gasteiger partial charge in [-0.3, -0.25) is 0 Å². The fraction of sp³-hybridized carbons (Fsp3) is 0.321. The number of benzene rings is 3. The summed E-state index contributed by atoms with van der Waals surface area (Å²) in [5, 5.41) is 19.5. The van der Waals surface area contributed by atoms with Crippen molar-refractivity contribution in [1.82, 2.24) is 4.31 Å². The Morgan fingerprint density at radius 1 is 1.07 bits per heavy atom. The summed E-state index contributed by atoms with van der Waals surface area (Å²) in [5.41, 5.74) is -1.86. The van der Waals surface area contributed by atoms with Crippen molar-refractivity contribution in [2.75, 3.05) is 18.5 Å². The van der Waals surface area contributed by atoms with E-state index in [4.69, 9.17) is 0 Å². The van der Waals surface area contributed by atoms with Crippen molar-refractivity contribution in [3.63, 3.8) is 0 Å². The highest BCUT2D eigenvalue weighted by Crippen LogP contribution is 2.44. The molecule has 0 saturated heterocycles. The molecular formula is C28H28F4N2O5S. The number of nitrogens with zero attached hydrogens (tertiary/aromatic N) is 2. The molecular weight excluding hydrogens is 552 g/mol. The summed E-state index contributed by atoms with van der Waals surface area (Å²) >= 11 is 0. The molecule has 0 aliphatic carbocycles. The van der Waals surface area contributed by atoms with Gasteiger partial charge in [-0.25, -0.2) is 17.6 Å². The Bertz CT molecular complexity index is 1510. The van der Waals surface area contributed by atoms with Gasteiger partial charge in [0.2, 0.25) is 10.0 Å². The number of hydrogen-bond donors (Lipinski definition) is 2. The first-order valence-electron chi connectivity index (χ1n) is 12.5. The minimum Gasteiger partial charge on any atom is -0.478 e. The summed E-state index contributed by atoms with van der Waals surface area (Å²) in [5.74, 6) is -2.58. The van der Waals surface area contributed by atoms with Gasteiger partial charge >= 0.3 is 12.1 Å². The van der Waals surface area contributed by atoms with Crippen molar-refractivity contribution < 1.29 is 41.0 Å². The van der Waals surface area contributed by atoms with Gasteiger partial charge < -0.3 is 15.1 Å². The summed E-state index contributed by atoms with van der Waals surface area (Å²) in [7, 11) is -2.89. The van der Waals surface area contributed by atoms with E-state index in [0.717, 1.165) is 43.2 Å². The molecule has 0 saturated carbocycles. The summed E-state index contributed by atoms with van der Waals surface area (Å²) < 4.78 is 85.3. The molecule has 2 N–H and O–H groups in total. The van der Waals surface area contributed by atoms with E-state index in [9.17, 15) is 36.6 Å². The smallest absolute Gasteiger partial charge is 0.418 e. The lowest BCUT2D eigenvalue weighted by molar-refractivity contribution is -0.206. The molecule has 1 aliphatic heterocycles. The van der Waals surface area contributed by atoms with Crippen molar-refractivity contribution in [3.05, 3.63) is 77.6 Å². The predicted molar refractivity (Wildman–Crippen MR) is 142 cm³/mol. The average Bonchev–Trinajstić information content (AvgIpc) is 2.98. The van der Waals surface area contributed by atoms with Crippen molar-refractivity contribution in [3.8, 4) is 11.1 Å². The fourth-order valence-electron chi connectivity index (χ4n) is 4.84. The molecule has 4 rings (SSSR count). The van der Waals surface area contributed by atoms with Crippen LogP contribution in [0.5, 0.6) is 0 Å². The van der Waals surface area contributed by atoms with Gasteiger partial charge in [-0.2, -0.15) is 17.5 Å². The average molecular weight is 581 g/mol. The number of carboxylic acid groups (broad SMARTS) is 1. The van der Waals surface area contributed by atoms with E-state index in [1.54, 1.807) is 35.2 Å². The lowest BCUT2D eigenvalue weighted by Crippen LogP contribution is -2.40. The summed E-state index contributed by atoms with van der Waals surface area (Å²) in [6.07, 6.45) is -6.16. The molecule has 0 spiro atoms. The van der Waals surface area contributed by atoms with Crippen molar-refractivity contribution in [2.24, 2.45) is 0 Å². The van der Waals surface area contributed by atoms with Crippen molar-refractivity contribution >= 4 is 27.4 Å². The quantitative estimate of drug-likeness (QED) is 0.327. The van der Waals surface area contributed by atoms with Crippen LogP contribution in [0.25, 0.3) is 11.1 Å². The highest BCUT2D eigenvalue weighted by molar-refractivity contribution is 7.89. The van der Waals surface area contributed by atoms with E-state index < -0.39 is 62.4 Å². The molecule has 12 heteroatoms. The highest BCUT2D eigenvalue weighted by Gasteiger charge is 2.42. The van der Waals surface area contributed by atoms with Crippen LogP contribution < -0.4 is 4.90 Å². The van der Waals surface area contributed by atoms with Crippen LogP contribution in [-0.2, 0) is 10.0 Å². The molecule has 0 aromatic heterocycles. The summed E-state index contributed by atoms with van der Waals surface area (Å²) in [6, 6.07) is 12.5. The van der Waals surface area contributed by atoms with E-state index in [2.05, 4.69) is 0 Å². The number of hydrogen-bond acceptors (Lipinski definition) is 5. The van der Waals surface area contributed by atoms with Gasteiger partial charge in [0.25, 0.3) is 0 Å². The Kier molecular flexibility index (Phi) is 8.25. The van der Waals surface area contributed by atoms with Gasteiger partial charge in [0.15, 0.2) is 6.10 Å². The molecule has 3 aromatic carbocycles. The van der Waals surface area contributed by atoms with E-state index in [1.165, 1.54) is 11.4 Å². The van der Waals surface area contributed by atoms with Gasteiger partial charge in [0.1, 0.15) is 10.7 Å². The third-order valence-corrected chi connectivity index (χ3v) is 9.00. The monoisotopic (exact) mass is 580 g/mol. The van der Waals surface area contributed by atoms with Crippen LogP contribution in [-0.4, -0.2) is 54.7 Å². The second-order valence-corrected chi connectivity index (χ2v) is 11.6. The second-order valence-electron chi connectivity index (χ2n) is 9.61. The number of likely N-dealkylation sites (N-methyl/N-ethyl adjacent to an activating group) is 1. The van der Waals surface area contributed by atoms with E-state index >= 15 is 4.39 Å². The lowest BCUT2D eigenvalue weighted by Gasteiger charge is -2.29. The number of halogens is 4. The first-order valence-corrected chi connectivity index (χ1v) is 14.0. The van der Waals surface area contributed by atoms with Crippen LogP contribution in [0.1, 0.15) is 48.2 Å². The number of aromatic carboxylic acids is 1. The Morgan fingerprint density at radius 2 is 1.75 bits per heavy atom. The number of rotatable bonds is 7. The Labute approximate surface area is 229 Å². The zero-order chi connectivity index (χ0) is 29.4. The minimum absolute atomic E-state index is 0.00870. The van der Waals surface area contributed by atoms with Gasteiger partial charge in [0, 0.05) is 30.9 Å². The SMILES string of the molecule is CCCC[C@@H]1CN(c2ccccc2)c2cc(F)c(-c3cc(C(=O)O)ccc3C(O)C(F)(F)F)cc2S(=O)(=O)N1C. The molecule has 214 valence electrons. The molecule has 0 amide bonds. The molecule has 1 heterocycles. The number of para-hydroxylation sites is 1. The molecule has 0 bridgehead atoms. The third kappa shape index (κ3) is 5.56. The number of unbranched alkanes of at least 4 members (excludes halogenated alkanes) is 1. The first kappa shape index (κ1) is 29.5. The Morgan fingerprint density at radius 3 is 2.35 bits per heavy atom. The molecule has 0 fully saturated rings. The number of carbonyl (C=O) groups is 1. The normalized spacial score (nSPS) is 18.2. The maximum atomic E-state index is 15.9. The lowest BCUT2D eigenvalue weighted by atomic mass is 9.93. The largest absolute Gasteiger partial charge is 0.478 e. The van der Waals surface area contributed by atoms with Crippen LogP contribution >= 0.6 is 0 Å². The van der Waals surface area contributed by atoms with E-state index in [0.29, 0.717) is 12.1 Å². The summed E-state index contributed by atoms with van der Waals surface area (Å²) in [4.78, 5) is 12.9. The molecule has 1 unspecified atom stereocenters. The van der Waals surface area contributed by atoms with Gasteiger partial charge in [0.05, 0.1) is 11.3 Å². The number of sulfonamides is 1. The van der Waals surface area contributed by atoms with E-state index in [-0.39, 0.29) is 17.1 Å². The molecule has 1 aliphatic rings. The van der Waals surface area contributed by atoms with Gasteiger partial charge in [-0.1, -0.05) is 44.0 Å². The van der Waals surface area contributed by atoms with Gasteiger partial charge in [-0.15, -0.1) is 0 Å². The number of fused-ring (bicyclic) bond motifs is 1. The first-order chi connectivity index (χ1) is 18.8. The number of alkyl halides is 3. The molecule has 7 nitrogen and oxygen atoms in total. The number of anilines is 2. The number of aliphatic hydroxyl groups is 1. The highest BCUT2D eigenvalue weighted by atomic mass is 32.2. The Hall–Kier alpha value is -3.48. The summed E-state index contributed by atoms with van der Waals surface area (Å²) in [6.45, 7) is 2.16. The predicted octanol–water partition coefficient (Wildman–Crippen LogP) is 6.12. The van der Waals surface area contributed by atoms with Crippen LogP contribution in [0, 0.1) is 5.82 Å². The van der Waals surface area contributed by atoms with Gasteiger partial charge in [-0.05, 0) is 53.9 Å². The van der Waals surface area contributed by atoms with E-state index in [1.807, 2.05) is 6.92 Å². The fourth-order valence-corrected chi connectivity index (χ4v) is 6.42. The van der Waals surface area contributed by atoms with Crippen molar-refractivity contribution in [1.29, 1.82) is 0 Å². The molecule has 2 atom stereocenters. The topological polar surface area (TPSA) is 98.1 Å². The third-order valence-electron chi connectivity index (χ3n) is 7.06. The minimum atomic E-state index is -5.15. The zero-order valence-corrected chi connectivity index (χ0v) is 22.5. The number of carboxylic acids is 1. The zero-order valence-electron chi connectivity index (χ0n) is 21.7. The number of aliphatic hydroxyl groups excluding tert-OH is 1. The van der Waals surface area contributed by atoms with Crippen LogP contribution in [0.4, 0.5) is 28.9 Å². The maximum Gasteiger partial charge on any atom is 0.418 e. The maximum absolute atomic E-state index is 15.9. The van der Waals surface area contributed by atoms with Crippen LogP contribution in [0.3, 0.4) is 0 Å². The molecule has 3 aromatic rings. The Balaban J connectivity index is 2.01.